The molecule has 98 valence electrons. The molecule has 3 N–H and O–H groups in total. The van der Waals surface area contributed by atoms with E-state index in [2.05, 4.69) is 31.9 Å². The number of halogens is 3. The molecule has 6 heteroatoms. The van der Waals surface area contributed by atoms with Gasteiger partial charge in [0, 0.05) is 10.5 Å². The smallest absolute Gasteiger partial charge is 0.144 e. The van der Waals surface area contributed by atoms with Crippen molar-refractivity contribution in [2.45, 2.75) is 0 Å². The van der Waals surface area contributed by atoms with Crippen molar-refractivity contribution in [2.75, 3.05) is 0 Å². The van der Waals surface area contributed by atoms with Crippen LogP contribution in [0.3, 0.4) is 0 Å². The molecule has 0 aromatic heterocycles. The lowest BCUT2D eigenvalue weighted by Crippen LogP contribution is -2.12. The van der Waals surface area contributed by atoms with Crippen LogP contribution in [0.2, 0.25) is 0 Å². The van der Waals surface area contributed by atoms with E-state index in [-0.39, 0.29) is 5.84 Å². The van der Waals surface area contributed by atoms with Gasteiger partial charge in [-0.15, -0.1) is 0 Å². The fourth-order valence-corrected chi connectivity index (χ4v) is 2.16. The van der Waals surface area contributed by atoms with Crippen molar-refractivity contribution < 1.29 is 9.13 Å². The Kier molecular flexibility index (Phi) is 4.21. The molecule has 0 unspecified atom stereocenters. The van der Waals surface area contributed by atoms with Crippen LogP contribution in [0.1, 0.15) is 5.56 Å². The Morgan fingerprint density at radius 2 is 1.84 bits per heavy atom. The lowest BCUT2D eigenvalue weighted by Gasteiger charge is -2.12. The summed E-state index contributed by atoms with van der Waals surface area (Å²) in [6, 6.07) is 9.23. The normalized spacial score (nSPS) is 10.3. The molecule has 2 aromatic carbocycles. The minimum Gasteiger partial charge on any atom is -0.455 e. The molecule has 2 rings (SSSR count). The zero-order valence-electron chi connectivity index (χ0n) is 9.58. The van der Waals surface area contributed by atoms with Gasteiger partial charge in [-0.25, -0.2) is 4.39 Å². The van der Waals surface area contributed by atoms with E-state index in [0.29, 0.717) is 21.5 Å². The molecule has 0 heterocycles. The van der Waals surface area contributed by atoms with E-state index in [1.54, 1.807) is 24.3 Å². The van der Waals surface area contributed by atoms with Crippen LogP contribution in [0.5, 0.6) is 11.5 Å². The lowest BCUT2D eigenvalue weighted by molar-refractivity contribution is 0.472. The molecule has 0 aliphatic heterocycles. The third-order valence-electron chi connectivity index (χ3n) is 2.34. The van der Waals surface area contributed by atoms with E-state index in [9.17, 15) is 4.39 Å². The molecule has 0 aliphatic carbocycles. The first-order valence-corrected chi connectivity index (χ1v) is 6.83. The van der Waals surface area contributed by atoms with Crippen molar-refractivity contribution in [3.05, 3.63) is 56.7 Å². The molecule has 0 atom stereocenters. The summed E-state index contributed by atoms with van der Waals surface area (Å²) in [5.74, 6) is 0.190. The van der Waals surface area contributed by atoms with Crippen LogP contribution in [0.4, 0.5) is 4.39 Å². The number of rotatable bonds is 3. The molecule has 0 aliphatic rings. The van der Waals surface area contributed by atoms with Gasteiger partial charge in [-0.2, -0.15) is 0 Å². The van der Waals surface area contributed by atoms with E-state index in [4.69, 9.17) is 15.9 Å². The Bertz CT molecular complexity index is 647. The molecule has 0 saturated heterocycles. The van der Waals surface area contributed by atoms with Gasteiger partial charge in [0.25, 0.3) is 0 Å². The topological polar surface area (TPSA) is 59.1 Å². The number of nitrogens with two attached hydrogens (primary N) is 1. The van der Waals surface area contributed by atoms with Gasteiger partial charge < -0.3 is 10.5 Å². The average molecular weight is 388 g/mol. The van der Waals surface area contributed by atoms with Gasteiger partial charge in [-0.05, 0) is 46.3 Å². The molecule has 3 nitrogen and oxygen atoms in total. The summed E-state index contributed by atoms with van der Waals surface area (Å²) in [6.07, 6.45) is 0. The second-order valence-electron chi connectivity index (χ2n) is 3.73. The number of hydrogen-bond donors (Lipinski definition) is 2. The minimum absolute atomic E-state index is 0.121. The van der Waals surface area contributed by atoms with Gasteiger partial charge in [0.2, 0.25) is 0 Å². The van der Waals surface area contributed by atoms with Crippen molar-refractivity contribution in [2.24, 2.45) is 5.73 Å². The molecular formula is C13H9Br2FN2O. The molecule has 0 fully saturated rings. The molecule has 19 heavy (non-hydrogen) atoms. The summed E-state index contributed by atoms with van der Waals surface area (Å²) in [7, 11) is 0. The maximum Gasteiger partial charge on any atom is 0.144 e. The predicted molar refractivity (Wildman–Crippen MR) is 79.3 cm³/mol. The molecule has 0 amide bonds. The number of ether oxygens (including phenoxy) is 1. The summed E-state index contributed by atoms with van der Waals surface area (Å²) >= 11 is 6.58. The van der Waals surface area contributed by atoms with Crippen molar-refractivity contribution in [1.29, 1.82) is 5.41 Å². The zero-order valence-corrected chi connectivity index (χ0v) is 12.8. The molecule has 0 saturated carbocycles. The Labute approximate surface area is 126 Å². The first-order chi connectivity index (χ1) is 8.97. The number of nitrogen functional groups attached to an aromatic ring is 1. The summed E-state index contributed by atoms with van der Waals surface area (Å²) in [5.41, 5.74) is 5.94. The highest BCUT2D eigenvalue weighted by molar-refractivity contribution is 9.10. The van der Waals surface area contributed by atoms with Crippen LogP contribution in [0.25, 0.3) is 0 Å². The van der Waals surface area contributed by atoms with Gasteiger partial charge in [-0.3, -0.25) is 5.41 Å². The van der Waals surface area contributed by atoms with Crippen LogP contribution in [0.15, 0.2) is 45.3 Å². The first-order valence-electron chi connectivity index (χ1n) is 5.24. The second kappa shape index (κ2) is 5.71. The Hall–Kier alpha value is -1.40. The van der Waals surface area contributed by atoms with Crippen LogP contribution in [-0.2, 0) is 0 Å². The maximum absolute atomic E-state index is 13.2. The highest BCUT2D eigenvalue weighted by Crippen LogP contribution is 2.33. The highest BCUT2D eigenvalue weighted by Gasteiger charge is 2.11. The van der Waals surface area contributed by atoms with Crippen LogP contribution >= 0.6 is 31.9 Å². The Morgan fingerprint density at radius 3 is 2.53 bits per heavy atom. The van der Waals surface area contributed by atoms with Crippen molar-refractivity contribution in [3.63, 3.8) is 0 Å². The predicted octanol–water partition coefficient (Wildman–Crippen LogP) is 4.43. The van der Waals surface area contributed by atoms with Crippen LogP contribution < -0.4 is 10.5 Å². The fraction of sp³-hybridized carbons (Fsp3) is 0. The van der Waals surface area contributed by atoms with Crippen molar-refractivity contribution in [1.82, 2.24) is 0 Å². The van der Waals surface area contributed by atoms with Gasteiger partial charge in [0.1, 0.15) is 23.2 Å². The average Bonchev–Trinajstić information content (AvgIpc) is 2.35. The van der Waals surface area contributed by atoms with Crippen molar-refractivity contribution >= 4 is 37.7 Å². The van der Waals surface area contributed by atoms with E-state index in [1.807, 2.05) is 0 Å². The molecule has 0 radical (unpaired) electrons. The molecule has 0 spiro atoms. The monoisotopic (exact) mass is 386 g/mol. The molecule has 0 bridgehead atoms. The number of amidine groups is 1. The maximum atomic E-state index is 13.2. The van der Waals surface area contributed by atoms with E-state index in [1.165, 1.54) is 12.1 Å². The second-order valence-corrected chi connectivity index (χ2v) is 5.50. The lowest BCUT2D eigenvalue weighted by atomic mass is 10.2. The van der Waals surface area contributed by atoms with Gasteiger partial charge in [0.05, 0.1) is 10.0 Å². The third kappa shape index (κ3) is 3.33. The molecular weight excluding hydrogens is 379 g/mol. The quantitative estimate of drug-likeness (QED) is 0.604. The number of hydrogen-bond acceptors (Lipinski definition) is 2. The zero-order chi connectivity index (χ0) is 14.0. The SMILES string of the molecule is N=C(N)c1cc(Br)ccc1Oc1cc(F)ccc1Br. The number of benzene rings is 2. The Balaban J connectivity index is 2.43. The third-order valence-corrected chi connectivity index (χ3v) is 3.49. The summed E-state index contributed by atoms with van der Waals surface area (Å²) < 4.78 is 20.2. The number of nitrogens with one attached hydrogen (secondary N) is 1. The van der Waals surface area contributed by atoms with E-state index >= 15 is 0 Å². The highest BCUT2D eigenvalue weighted by atomic mass is 79.9. The van der Waals surface area contributed by atoms with E-state index in [0.717, 1.165) is 4.47 Å². The van der Waals surface area contributed by atoms with Crippen LogP contribution in [0, 0.1) is 11.2 Å². The van der Waals surface area contributed by atoms with E-state index < -0.39 is 5.82 Å². The fourth-order valence-electron chi connectivity index (χ4n) is 1.48. The molecule has 2 aromatic rings. The van der Waals surface area contributed by atoms with Crippen molar-refractivity contribution in [3.8, 4) is 11.5 Å². The van der Waals surface area contributed by atoms with Gasteiger partial charge in [-0.1, -0.05) is 15.9 Å². The standard InChI is InChI=1S/C13H9Br2FN2O/c14-7-1-4-11(9(5-7)13(17)18)19-12-6-8(16)2-3-10(12)15/h1-6H,(H3,17,18). The van der Waals surface area contributed by atoms with Crippen LogP contribution in [-0.4, -0.2) is 5.84 Å². The minimum atomic E-state index is -0.403. The largest absolute Gasteiger partial charge is 0.455 e. The summed E-state index contributed by atoms with van der Waals surface area (Å²) in [6.45, 7) is 0. The Morgan fingerprint density at radius 1 is 1.11 bits per heavy atom. The summed E-state index contributed by atoms with van der Waals surface area (Å²) in [5, 5.41) is 7.53. The summed E-state index contributed by atoms with van der Waals surface area (Å²) in [4.78, 5) is 0. The van der Waals surface area contributed by atoms with Gasteiger partial charge in [0.15, 0.2) is 0 Å². The van der Waals surface area contributed by atoms with Gasteiger partial charge >= 0.3 is 0 Å². The first kappa shape index (κ1) is 14.0.